The topological polar surface area (TPSA) is 0 Å². The molecule has 2 fully saturated rings. The van der Waals surface area contributed by atoms with Gasteiger partial charge in [0.1, 0.15) is 0 Å². The van der Waals surface area contributed by atoms with E-state index in [2.05, 4.69) is 0 Å². The van der Waals surface area contributed by atoms with E-state index in [4.69, 9.17) is 0 Å². The molecule has 0 aromatic carbocycles. The molecule has 2 aliphatic carbocycles. The van der Waals surface area contributed by atoms with Gasteiger partial charge in [-0.2, -0.15) is 13.2 Å². The van der Waals surface area contributed by atoms with Gasteiger partial charge in [0.15, 0.2) is 7.85 Å². The van der Waals surface area contributed by atoms with E-state index in [1.54, 1.807) is 0 Å². The Morgan fingerprint density at radius 3 is 1.76 bits per heavy atom. The predicted molar refractivity (Wildman–Crippen MR) is 58.7 cm³/mol. The van der Waals surface area contributed by atoms with Crippen LogP contribution in [0.5, 0.6) is 0 Å². The van der Waals surface area contributed by atoms with Crippen LogP contribution in [-0.2, 0) is 0 Å². The molecule has 0 aliphatic heterocycles. The van der Waals surface area contributed by atoms with E-state index in [1.807, 2.05) is 0 Å². The van der Waals surface area contributed by atoms with Gasteiger partial charge in [0.05, 0.1) is 5.92 Å². The van der Waals surface area contributed by atoms with Crippen LogP contribution in [0.1, 0.15) is 57.8 Å². The number of hydrogen-bond donors (Lipinski definition) is 0. The molecule has 0 atom stereocenters. The fourth-order valence-corrected chi connectivity index (χ4v) is 7.41. The van der Waals surface area contributed by atoms with E-state index in [1.165, 1.54) is 32.1 Å². The normalized spacial score (nSPS) is 32.6. The van der Waals surface area contributed by atoms with E-state index in [9.17, 15) is 13.2 Å². The molecule has 0 nitrogen and oxygen atoms in total. The van der Waals surface area contributed by atoms with E-state index in [-0.39, 0.29) is 21.2 Å². The third kappa shape index (κ3) is 4.28. The van der Waals surface area contributed by atoms with Crippen LogP contribution in [-0.4, -0.2) is 14.0 Å². The van der Waals surface area contributed by atoms with Crippen molar-refractivity contribution in [1.82, 2.24) is 0 Å². The van der Waals surface area contributed by atoms with Crippen molar-refractivity contribution in [2.24, 2.45) is 5.92 Å². The van der Waals surface area contributed by atoms with Crippen LogP contribution in [0.25, 0.3) is 0 Å². The Kier molecular flexibility index (Phi) is 5.01. The molecule has 0 saturated heterocycles. The summed E-state index contributed by atoms with van der Waals surface area (Å²) in [5, 5.41) is 0. The highest BCUT2D eigenvalue weighted by Crippen LogP contribution is 2.36. The van der Waals surface area contributed by atoms with Gasteiger partial charge in [-0.05, 0) is 51.4 Å². The molecule has 100 valence electrons. The molecule has 17 heavy (non-hydrogen) atoms. The van der Waals surface area contributed by atoms with Crippen LogP contribution in [0, 0.1) is 5.92 Å². The average Bonchev–Trinajstić information content (AvgIpc) is 2.30. The standard InChI is InChI=1S/C13H21F3I/c14-13(15,16)10-6-8-12(9-7-10)17-11-4-2-1-3-5-11/h10-12H,1-9H2/q+1. The molecule has 2 rings (SSSR count). The summed E-state index contributed by atoms with van der Waals surface area (Å²) in [5.74, 6) is -0.992. The maximum Gasteiger partial charge on any atom is 0.391 e. The van der Waals surface area contributed by atoms with E-state index < -0.39 is 12.1 Å². The molecule has 0 N–H and O–H groups in total. The first-order valence-corrected chi connectivity index (χ1v) is 9.23. The van der Waals surface area contributed by atoms with Gasteiger partial charge in [0, 0.05) is 0 Å². The van der Waals surface area contributed by atoms with E-state index in [0.717, 1.165) is 16.8 Å². The molecule has 0 bridgehead atoms. The number of hydrogen-bond acceptors (Lipinski definition) is 0. The Labute approximate surface area is 112 Å². The van der Waals surface area contributed by atoms with Crippen molar-refractivity contribution in [3.63, 3.8) is 0 Å². The van der Waals surface area contributed by atoms with Gasteiger partial charge < -0.3 is 0 Å². The molecule has 0 amide bonds. The summed E-state index contributed by atoms with van der Waals surface area (Å²) >= 11 is 0.159. The Balaban J connectivity index is 1.71. The van der Waals surface area contributed by atoms with Crippen molar-refractivity contribution in [2.45, 2.75) is 71.8 Å². The zero-order valence-electron chi connectivity index (χ0n) is 10.1. The van der Waals surface area contributed by atoms with Crippen molar-refractivity contribution in [3.05, 3.63) is 0 Å². The van der Waals surface area contributed by atoms with Gasteiger partial charge in [0.25, 0.3) is 21.2 Å². The molecule has 2 aliphatic rings. The summed E-state index contributed by atoms with van der Waals surface area (Å²) in [6.07, 6.45) is 5.42. The fraction of sp³-hybridized carbons (Fsp3) is 1.00. The molecule has 2 saturated carbocycles. The van der Waals surface area contributed by atoms with Crippen LogP contribution in [0.3, 0.4) is 0 Å². The minimum absolute atomic E-state index is 0.159. The Morgan fingerprint density at radius 1 is 0.706 bits per heavy atom. The SMILES string of the molecule is FC(F)(F)C1CCC([I+]C2CCCCC2)CC1. The van der Waals surface area contributed by atoms with Crippen LogP contribution in [0.2, 0.25) is 0 Å². The van der Waals surface area contributed by atoms with Gasteiger partial charge in [-0.1, -0.05) is 6.42 Å². The minimum atomic E-state index is -3.94. The maximum absolute atomic E-state index is 12.5. The fourth-order valence-electron chi connectivity index (χ4n) is 2.94. The molecule has 0 heterocycles. The maximum atomic E-state index is 12.5. The Morgan fingerprint density at radius 2 is 1.24 bits per heavy atom. The zero-order valence-corrected chi connectivity index (χ0v) is 12.3. The van der Waals surface area contributed by atoms with Crippen molar-refractivity contribution in [3.8, 4) is 0 Å². The van der Waals surface area contributed by atoms with Gasteiger partial charge in [-0.25, -0.2) is 0 Å². The van der Waals surface area contributed by atoms with Gasteiger partial charge in [-0.15, -0.1) is 0 Å². The quantitative estimate of drug-likeness (QED) is 0.517. The lowest BCUT2D eigenvalue weighted by molar-refractivity contribution is -0.726. The van der Waals surface area contributed by atoms with Crippen molar-refractivity contribution >= 4 is 0 Å². The second-order valence-corrected chi connectivity index (χ2v) is 9.59. The Hall–Kier alpha value is 0.520. The highest BCUT2D eigenvalue weighted by atomic mass is 127. The van der Waals surface area contributed by atoms with Gasteiger partial charge >= 0.3 is 6.18 Å². The minimum Gasteiger partial charge on any atom is -0.171 e. The van der Waals surface area contributed by atoms with Crippen LogP contribution in [0.15, 0.2) is 0 Å². The predicted octanol–water partition coefficient (Wildman–Crippen LogP) is 1.53. The van der Waals surface area contributed by atoms with Crippen molar-refractivity contribution < 1.29 is 34.4 Å². The highest BCUT2D eigenvalue weighted by Gasteiger charge is 2.44. The van der Waals surface area contributed by atoms with Crippen LogP contribution >= 0.6 is 0 Å². The third-order valence-corrected chi connectivity index (χ3v) is 8.54. The highest BCUT2D eigenvalue weighted by molar-refractivity contribution is 4.77. The molecule has 0 aromatic heterocycles. The Bertz CT molecular complexity index is 225. The van der Waals surface area contributed by atoms with Gasteiger partial charge in [0.2, 0.25) is 0 Å². The number of halogens is 4. The second kappa shape index (κ2) is 6.11. The molecular weight excluding hydrogens is 340 g/mol. The lowest BCUT2D eigenvalue weighted by Crippen LogP contribution is -3.68. The number of rotatable bonds is 2. The lowest BCUT2D eigenvalue weighted by Gasteiger charge is -2.26. The summed E-state index contributed by atoms with van der Waals surface area (Å²) in [6, 6.07) is 0. The summed E-state index contributed by atoms with van der Waals surface area (Å²) in [4.78, 5) is 0. The largest absolute Gasteiger partial charge is 0.391 e. The average molecular weight is 361 g/mol. The summed E-state index contributed by atoms with van der Waals surface area (Å²) in [6.45, 7) is 0. The molecule has 4 heteroatoms. The second-order valence-electron chi connectivity index (χ2n) is 5.35. The summed E-state index contributed by atoms with van der Waals surface area (Å²) in [5.41, 5.74) is 0. The molecule has 0 unspecified atom stereocenters. The first-order chi connectivity index (χ1) is 8.05. The van der Waals surface area contributed by atoms with Gasteiger partial charge in [-0.3, -0.25) is 0 Å². The molecule has 0 aromatic rings. The van der Waals surface area contributed by atoms with Crippen molar-refractivity contribution in [2.75, 3.05) is 0 Å². The van der Waals surface area contributed by atoms with E-state index in [0.29, 0.717) is 16.8 Å². The summed E-state index contributed by atoms with van der Waals surface area (Å²) < 4.78 is 39.2. The molecular formula is C13H21F3I+. The third-order valence-electron chi connectivity index (χ3n) is 4.01. The summed E-state index contributed by atoms with van der Waals surface area (Å²) in [7, 11) is 0. The lowest BCUT2D eigenvalue weighted by atomic mass is 9.89. The smallest absolute Gasteiger partial charge is 0.171 e. The number of alkyl halides is 5. The first-order valence-electron chi connectivity index (χ1n) is 6.74. The molecule has 0 spiro atoms. The van der Waals surface area contributed by atoms with Crippen molar-refractivity contribution in [1.29, 1.82) is 0 Å². The van der Waals surface area contributed by atoms with E-state index >= 15 is 0 Å². The molecule has 0 radical (unpaired) electrons. The first kappa shape index (κ1) is 13.9. The monoisotopic (exact) mass is 361 g/mol. The van der Waals surface area contributed by atoms with Crippen LogP contribution < -0.4 is 21.2 Å². The van der Waals surface area contributed by atoms with Crippen LogP contribution in [0.4, 0.5) is 13.2 Å². The zero-order chi connectivity index (χ0) is 12.3.